The Bertz CT molecular complexity index is 779. The number of hydrogen-bond acceptors (Lipinski definition) is 2. The van der Waals surface area contributed by atoms with Crippen LogP contribution in [0, 0.1) is 0 Å². The average Bonchev–Trinajstić information content (AvgIpc) is 2.54. The number of rotatable bonds is 9. The first-order valence-corrected chi connectivity index (χ1v) is 10.4. The van der Waals surface area contributed by atoms with E-state index in [2.05, 4.69) is 19.9 Å². The molecule has 0 aliphatic rings. The molecule has 2 aromatic carbocycles. The highest BCUT2D eigenvalue weighted by molar-refractivity contribution is 7.86. The van der Waals surface area contributed by atoms with E-state index < -0.39 is 10.1 Å². The highest BCUT2D eigenvalue weighted by Crippen LogP contribution is 2.30. The monoisotopic (exact) mass is 348 g/mol. The molecular formula is C20H28O3S. The fraction of sp³-hybridized carbons (Fsp3) is 0.500. The zero-order chi connectivity index (χ0) is 17.6. The molecule has 0 unspecified atom stereocenters. The van der Waals surface area contributed by atoms with Gasteiger partial charge in [-0.05, 0) is 48.3 Å². The van der Waals surface area contributed by atoms with E-state index in [9.17, 15) is 13.0 Å². The molecular weight excluding hydrogens is 320 g/mol. The van der Waals surface area contributed by atoms with Crippen LogP contribution in [0.1, 0.15) is 63.5 Å². The maximum atomic E-state index is 12.0. The quantitative estimate of drug-likeness (QED) is 0.477. The second kappa shape index (κ2) is 8.63. The second-order valence-corrected chi connectivity index (χ2v) is 7.89. The van der Waals surface area contributed by atoms with Crippen LogP contribution in [0.15, 0.2) is 35.2 Å². The molecule has 2 rings (SSSR count). The van der Waals surface area contributed by atoms with Gasteiger partial charge in [0.2, 0.25) is 0 Å². The number of benzene rings is 2. The van der Waals surface area contributed by atoms with Crippen LogP contribution in [-0.4, -0.2) is 13.0 Å². The smallest absolute Gasteiger partial charge is 0.282 e. The van der Waals surface area contributed by atoms with E-state index in [1.165, 1.54) is 0 Å². The zero-order valence-corrected chi connectivity index (χ0v) is 15.5. The van der Waals surface area contributed by atoms with Gasteiger partial charge >= 0.3 is 0 Å². The zero-order valence-electron chi connectivity index (χ0n) is 14.7. The maximum Gasteiger partial charge on any atom is 0.295 e. The van der Waals surface area contributed by atoms with Gasteiger partial charge in [0.15, 0.2) is 0 Å². The van der Waals surface area contributed by atoms with Crippen LogP contribution in [0.3, 0.4) is 0 Å². The van der Waals surface area contributed by atoms with E-state index in [0.29, 0.717) is 5.39 Å². The van der Waals surface area contributed by atoms with Crippen LogP contribution in [0.4, 0.5) is 0 Å². The first kappa shape index (κ1) is 18.9. The predicted molar refractivity (Wildman–Crippen MR) is 100 cm³/mol. The number of aryl methyl sites for hydroxylation is 2. The molecule has 0 amide bonds. The Labute approximate surface area is 145 Å². The Morgan fingerprint density at radius 2 is 1.58 bits per heavy atom. The molecule has 0 bridgehead atoms. The normalized spacial score (nSPS) is 12.0. The van der Waals surface area contributed by atoms with Crippen molar-refractivity contribution in [2.24, 2.45) is 0 Å². The van der Waals surface area contributed by atoms with Crippen molar-refractivity contribution < 1.29 is 13.0 Å². The molecule has 0 aliphatic carbocycles. The molecule has 0 heterocycles. The minimum absolute atomic E-state index is 0.0681. The third kappa shape index (κ3) is 4.81. The summed E-state index contributed by atoms with van der Waals surface area (Å²) in [7, 11) is -4.24. The van der Waals surface area contributed by atoms with Gasteiger partial charge < -0.3 is 0 Å². The maximum absolute atomic E-state index is 12.0. The van der Waals surface area contributed by atoms with E-state index in [1.807, 2.05) is 18.2 Å². The van der Waals surface area contributed by atoms with Gasteiger partial charge in [-0.25, -0.2) is 0 Å². The summed E-state index contributed by atoms with van der Waals surface area (Å²) in [6, 6.07) is 9.63. The van der Waals surface area contributed by atoms with Crippen molar-refractivity contribution in [2.45, 2.75) is 70.1 Å². The van der Waals surface area contributed by atoms with E-state index in [4.69, 9.17) is 0 Å². The molecule has 0 atom stereocenters. The Morgan fingerprint density at radius 3 is 2.21 bits per heavy atom. The van der Waals surface area contributed by atoms with Crippen LogP contribution < -0.4 is 0 Å². The molecule has 0 saturated heterocycles. The standard InChI is InChI=1S/C20H28O3S/c1-3-5-7-10-16-14-18-13-9-12-17(11-8-6-4-2)20(18)19(15-16)24(21,22)23/h9,12-15H,3-8,10-11H2,1-2H3,(H,21,22,23). The van der Waals surface area contributed by atoms with Gasteiger partial charge in [0.25, 0.3) is 10.1 Å². The van der Waals surface area contributed by atoms with Crippen molar-refractivity contribution in [1.82, 2.24) is 0 Å². The molecule has 0 aromatic heterocycles. The van der Waals surface area contributed by atoms with E-state index in [1.54, 1.807) is 6.07 Å². The molecule has 3 nitrogen and oxygen atoms in total. The molecule has 132 valence electrons. The summed E-state index contributed by atoms with van der Waals surface area (Å²) < 4.78 is 33.7. The van der Waals surface area contributed by atoms with Crippen molar-refractivity contribution in [3.05, 3.63) is 41.5 Å². The summed E-state index contributed by atoms with van der Waals surface area (Å²) in [4.78, 5) is 0.0681. The largest absolute Gasteiger partial charge is 0.295 e. The Balaban J connectivity index is 2.51. The summed E-state index contributed by atoms with van der Waals surface area (Å²) in [5.41, 5.74) is 1.99. The van der Waals surface area contributed by atoms with Gasteiger partial charge in [-0.3, -0.25) is 4.55 Å². The molecule has 1 N–H and O–H groups in total. The number of unbranched alkanes of at least 4 members (excludes halogenated alkanes) is 4. The molecule has 0 saturated carbocycles. The van der Waals surface area contributed by atoms with Crippen molar-refractivity contribution >= 4 is 20.9 Å². The lowest BCUT2D eigenvalue weighted by atomic mass is 9.96. The van der Waals surface area contributed by atoms with E-state index >= 15 is 0 Å². The molecule has 0 fully saturated rings. The minimum atomic E-state index is -4.24. The lowest BCUT2D eigenvalue weighted by Gasteiger charge is -2.13. The van der Waals surface area contributed by atoms with Crippen molar-refractivity contribution in [2.75, 3.05) is 0 Å². The number of hydrogen-bond donors (Lipinski definition) is 1. The highest BCUT2D eigenvalue weighted by Gasteiger charge is 2.18. The summed E-state index contributed by atoms with van der Waals surface area (Å²) in [6.45, 7) is 4.29. The van der Waals surface area contributed by atoms with Crippen LogP contribution in [-0.2, 0) is 23.0 Å². The Kier molecular flexibility index (Phi) is 6.81. The Hall–Kier alpha value is -1.39. The Morgan fingerprint density at radius 1 is 0.917 bits per heavy atom. The molecule has 2 aromatic rings. The average molecular weight is 349 g/mol. The molecule has 0 radical (unpaired) electrons. The third-order valence-electron chi connectivity index (χ3n) is 4.48. The van der Waals surface area contributed by atoms with Gasteiger partial charge in [-0.15, -0.1) is 0 Å². The molecule has 0 aliphatic heterocycles. The van der Waals surface area contributed by atoms with Gasteiger partial charge in [0.05, 0.1) is 0 Å². The van der Waals surface area contributed by atoms with Crippen LogP contribution in [0.25, 0.3) is 10.8 Å². The fourth-order valence-corrected chi connectivity index (χ4v) is 4.03. The van der Waals surface area contributed by atoms with Crippen molar-refractivity contribution in [3.63, 3.8) is 0 Å². The van der Waals surface area contributed by atoms with Crippen molar-refractivity contribution in [1.29, 1.82) is 0 Å². The first-order chi connectivity index (χ1) is 11.5. The predicted octanol–water partition coefficient (Wildman–Crippen LogP) is 5.55. The topological polar surface area (TPSA) is 54.4 Å². The summed E-state index contributed by atoms with van der Waals surface area (Å²) in [5.74, 6) is 0. The van der Waals surface area contributed by atoms with Crippen LogP contribution in [0.5, 0.6) is 0 Å². The third-order valence-corrected chi connectivity index (χ3v) is 5.36. The summed E-state index contributed by atoms with van der Waals surface area (Å²) in [5, 5.41) is 1.60. The highest BCUT2D eigenvalue weighted by atomic mass is 32.2. The molecule has 4 heteroatoms. The van der Waals surface area contributed by atoms with E-state index in [0.717, 1.165) is 67.9 Å². The number of fused-ring (bicyclic) bond motifs is 1. The molecule has 0 spiro atoms. The fourth-order valence-electron chi connectivity index (χ4n) is 3.22. The SMILES string of the molecule is CCCCCc1cc(S(=O)(=O)O)c2c(CCCCC)cccc2c1. The van der Waals surface area contributed by atoms with Gasteiger partial charge in [0, 0.05) is 5.39 Å². The minimum Gasteiger partial charge on any atom is -0.282 e. The van der Waals surface area contributed by atoms with Gasteiger partial charge in [0.1, 0.15) is 4.90 Å². The van der Waals surface area contributed by atoms with Gasteiger partial charge in [-0.2, -0.15) is 8.42 Å². The lowest BCUT2D eigenvalue weighted by Crippen LogP contribution is -2.03. The summed E-state index contributed by atoms with van der Waals surface area (Å²) >= 11 is 0. The van der Waals surface area contributed by atoms with E-state index in [-0.39, 0.29) is 4.90 Å². The van der Waals surface area contributed by atoms with Crippen LogP contribution in [0.2, 0.25) is 0 Å². The summed E-state index contributed by atoms with van der Waals surface area (Å²) in [6.07, 6.45) is 8.22. The van der Waals surface area contributed by atoms with Crippen molar-refractivity contribution in [3.8, 4) is 0 Å². The first-order valence-electron chi connectivity index (χ1n) is 8.99. The second-order valence-electron chi connectivity index (χ2n) is 6.50. The molecule has 24 heavy (non-hydrogen) atoms. The van der Waals surface area contributed by atoms with Gasteiger partial charge in [-0.1, -0.05) is 63.8 Å². The lowest BCUT2D eigenvalue weighted by molar-refractivity contribution is 0.484. The van der Waals surface area contributed by atoms with Crippen LogP contribution >= 0.6 is 0 Å².